The lowest BCUT2D eigenvalue weighted by Crippen LogP contribution is -3.00. The molecule has 0 atom stereocenters. The number of aromatic hydroxyl groups is 1. The van der Waals surface area contributed by atoms with E-state index < -0.39 is 0 Å². The summed E-state index contributed by atoms with van der Waals surface area (Å²) < 4.78 is 0.887. The van der Waals surface area contributed by atoms with E-state index in [-0.39, 0.29) is 34.8 Å². The Morgan fingerprint density at radius 2 is 1.19 bits per heavy atom. The molecule has 0 heterocycles. The van der Waals surface area contributed by atoms with Crippen molar-refractivity contribution < 1.29 is 33.6 Å². The van der Waals surface area contributed by atoms with Crippen LogP contribution < -0.4 is 24.0 Å². The van der Waals surface area contributed by atoms with Gasteiger partial charge in [0, 0.05) is 16.7 Å². The fraction of sp³-hybridized carbons (Fsp3) is 0.667. The number of rotatable bonds is 2. The SMILES string of the molecule is CC(C)(C)c1cc(C[N+](C)(C)C)cc(C(C)(C)C)c1O.[I-]. The van der Waals surface area contributed by atoms with Crippen LogP contribution in [-0.4, -0.2) is 30.7 Å². The van der Waals surface area contributed by atoms with Gasteiger partial charge in [-0.2, -0.15) is 0 Å². The topological polar surface area (TPSA) is 20.2 Å². The van der Waals surface area contributed by atoms with Gasteiger partial charge in [0.1, 0.15) is 12.3 Å². The molecule has 122 valence electrons. The van der Waals surface area contributed by atoms with Crippen LogP contribution in [0.2, 0.25) is 0 Å². The highest BCUT2D eigenvalue weighted by Gasteiger charge is 2.27. The molecule has 0 spiro atoms. The minimum atomic E-state index is -0.0506. The van der Waals surface area contributed by atoms with Gasteiger partial charge in [0.2, 0.25) is 0 Å². The van der Waals surface area contributed by atoms with Crippen LogP contribution in [0.1, 0.15) is 58.2 Å². The average molecular weight is 405 g/mol. The van der Waals surface area contributed by atoms with Crippen LogP contribution in [0.25, 0.3) is 0 Å². The summed E-state index contributed by atoms with van der Waals surface area (Å²) in [5.74, 6) is 0.468. The Morgan fingerprint density at radius 3 is 1.43 bits per heavy atom. The molecule has 0 aliphatic rings. The van der Waals surface area contributed by atoms with Gasteiger partial charge in [-0.15, -0.1) is 0 Å². The van der Waals surface area contributed by atoms with Crippen molar-refractivity contribution in [3.63, 3.8) is 0 Å². The number of phenols is 1. The molecule has 1 rings (SSSR count). The lowest BCUT2D eigenvalue weighted by molar-refractivity contribution is -0.884. The molecule has 0 aromatic heterocycles. The van der Waals surface area contributed by atoms with E-state index in [0.29, 0.717) is 5.75 Å². The molecule has 1 aromatic carbocycles. The first-order valence-corrected chi connectivity index (χ1v) is 7.39. The van der Waals surface area contributed by atoms with Crippen molar-refractivity contribution in [1.29, 1.82) is 0 Å². The number of phenolic OH excluding ortho intramolecular Hbond substituents is 1. The predicted octanol–water partition coefficient (Wildman–Crippen LogP) is 1.20. The Bertz CT molecular complexity index is 452. The zero-order valence-corrected chi connectivity index (χ0v) is 17.3. The fourth-order valence-corrected chi connectivity index (χ4v) is 2.48. The maximum atomic E-state index is 10.7. The Labute approximate surface area is 148 Å². The van der Waals surface area contributed by atoms with E-state index in [4.69, 9.17) is 0 Å². The van der Waals surface area contributed by atoms with Gasteiger partial charge in [-0.05, 0) is 23.0 Å². The predicted molar refractivity (Wildman–Crippen MR) is 87.2 cm³/mol. The number of quaternary nitrogens is 1. The van der Waals surface area contributed by atoms with Gasteiger partial charge in [-0.1, -0.05) is 41.5 Å². The Morgan fingerprint density at radius 1 is 0.857 bits per heavy atom. The molecule has 0 radical (unpaired) electrons. The van der Waals surface area contributed by atoms with E-state index >= 15 is 0 Å². The van der Waals surface area contributed by atoms with Crippen LogP contribution in [0.5, 0.6) is 5.75 Å². The standard InChI is InChI=1S/C18H31NO.HI/c1-17(2,3)14-10-13(12-19(7,8)9)11-15(16(14)20)18(4,5)6;/h10-11H,12H2,1-9H3;1H. The summed E-state index contributed by atoms with van der Waals surface area (Å²) in [6.07, 6.45) is 0. The first kappa shape index (κ1) is 20.7. The molecule has 1 N–H and O–H groups in total. The first-order chi connectivity index (χ1) is 8.72. The highest BCUT2D eigenvalue weighted by Crippen LogP contribution is 2.40. The minimum absolute atomic E-state index is 0. The van der Waals surface area contributed by atoms with Gasteiger partial charge in [-0.25, -0.2) is 0 Å². The van der Waals surface area contributed by atoms with E-state index in [1.807, 2.05) is 0 Å². The van der Waals surface area contributed by atoms with Crippen LogP contribution in [0.3, 0.4) is 0 Å². The van der Waals surface area contributed by atoms with E-state index in [2.05, 4.69) is 74.8 Å². The van der Waals surface area contributed by atoms with Crippen LogP contribution in [0, 0.1) is 0 Å². The Kier molecular flexibility index (Phi) is 6.36. The number of halogens is 1. The molecule has 0 saturated heterocycles. The van der Waals surface area contributed by atoms with E-state index in [1.165, 1.54) is 5.56 Å². The van der Waals surface area contributed by atoms with Crippen LogP contribution in [0.4, 0.5) is 0 Å². The largest absolute Gasteiger partial charge is 1.00 e. The van der Waals surface area contributed by atoms with Gasteiger partial charge in [-0.3, -0.25) is 0 Å². The van der Waals surface area contributed by atoms with Gasteiger partial charge in [0.15, 0.2) is 0 Å². The second-order valence-corrected chi connectivity index (χ2v) is 8.99. The summed E-state index contributed by atoms with van der Waals surface area (Å²) in [5.41, 5.74) is 3.29. The summed E-state index contributed by atoms with van der Waals surface area (Å²) in [7, 11) is 6.58. The molecular weight excluding hydrogens is 373 g/mol. The summed E-state index contributed by atoms with van der Waals surface area (Å²) >= 11 is 0. The minimum Gasteiger partial charge on any atom is -1.00 e. The van der Waals surface area contributed by atoms with Crippen molar-refractivity contribution in [2.75, 3.05) is 21.1 Å². The average Bonchev–Trinajstić information content (AvgIpc) is 2.14. The van der Waals surface area contributed by atoms with E-state index in [1.54, 1.807) is 0 Å². The molecule has 0 unspecified atom stereocenters. The summed E-state index contributed by atoms with van der Waals surface area (Å²) in [5, 5.41) is 10.7. The molecule has 0 bridgehead atoms. The van der Waals surface area contributed by atoms with Gasteiger partial charge in [0.05, 0.1) is 21.1 Å². The van der Waals surface area contributed by atoms with E-state index in [9.17, 15) is 5.11 Å². The van der Waals surface area contributed by atoms with Gasteiger partial charge >= 0.3 is 0 Å². The second kappa shape index (κ2) is 6.45. The normalized spacial score (nSPS) is 13.0. The molecule has 2 nitrogen and oxygen atoms in total. The molecule has 21 heavy (non-hydrogen) atoms. The monoisotopic (exact) mass is 405 g/mol. The molecule has 3 heteroatoms. The summed E-state index contributed by atoms with van der Waals surface area (Å²) in [6.45, 7) is 13.9. The lowest BCUT2D eigenvalue weighted by atomic mass is 9.78. The molecule has 0 aliphatic heterocycles. The van der Waals surface area contributed by atoms with Crippen molar-refractivity contribution in [3.05, 3.63) is 28.8 Å². The third-order valence-corrected chi connectivity index (χ3v) is 3.44. The summed E-state index contributed by atoms with van der Waals surface area (Å²) in [4.78, 5) is 0. The number of hydrogen-bond acceptors (Lipinski definition) is 1. The van der Waals surface area contributed by atoms with E-state index in [0.717, 1.165) is 22.2 Å². The maximum Gasteiger partial charge on any atom is 0.123 e. The quantitative estimate of drug-likeness (QED) is 0.579. The van der Waals surface area contributed by atoms with Crippen molar-refractivity contribution in [2.24, 2.45) is 0 Å². The van der Waals surface area contributed by atoms with Gasteiger partial charge in [0.25, 0.3) is 0 Å². The van der Waals surface area contributed by atoms with Crippen molar-refractivity contribution in [2.45, 2.75) is 58.9 Å². The van der Waals surface area contributed by atoms with Gasteiger partial charge < -0.3 is 33.6 Å². The Balaban J connectivity index is 0.00000400. The Hall–Kier alpha value is -0.290. The van der Waals surface area contributed by atoms with Crippen LogP contribution in [-0.2, 0) is 17.4 Å². The highest BCUT2D eigenvalue weighted by atomic mass is 127. The molecule has 0 aliphatic carbocycles. The smallest absolute Gasteiger partial charge is 0.123 e. The van der Waals surface area contributed by atoms with Crippen molar-refractivity contribution >= 4 is 0 Å². The van der Waals surface area contributed by atoms with Crippen LogP contribution in [0.15, 0.2) is 12.1 Å². The maximum absolute atomic E-state index is 10.7. The zero-order chi connectivity index (χ0) is 15.9. The molecule has 1 aromatic rings. The third kappa shape index (κ3) is 5.78. The lowest BCUT2D eigenvalue weighted by Gasteiger charge is -2.30. The molecule has 0 saturated carbocycles. The molecule has 0 fully saturated rings. The van der Waals surface area contributed by atoms with Crippen molar-refractivity contribution in [1.82, 2.24) is 0 Å². The molecular formula is C18H32INO. The number of nitrogens with zero attached hydrogens (tertiary/aromatic N) is 1. The number of benzene rings is 1. The van der Waals surface area contributed by atoms with Crippen molar-refractivity contribution in [3.8, 4) is 5.75 Å². The number of hydrogen-bond donors (Lipinski definition) is 1. The summed E-state index contributed by atoms with van der Waals surface area (Å²) in [6, 6.07) is 4.35. The zero-order valence-electron chi connectivity index (χ0n) is 15.1. The highest BCUT2D eigenvalue weighted by molar-refractivity contribution is 5.49. The molecule has 0 amide bonds. The fourth-order valence-electron chi connectivity index (χ4n) is 2.48. The first-order valence-electron chi connectivity index (χ1n) is 7.39. The third-order valence-electron chi connectivity index (χ3n) is 3.44. The second-order valence-electron chi connectivity index (χ2n) is 8.99. The van der Waals surface area contributed by atoms with Crippen LogP contribution >= 0.6 is 0 Å².